The lowest BCUT2D eigenvalue weighted by molar-refractivity contribution is -0.384. The van der Waals surface area contributed by atoms with E-state index >= 15 is 0 Å². The number of hydrogen-bond acceptors (Lipinski definition) is 4. The molecule has 0 aromatic heterocycles. The molecule has 0 aliphatic rings. The minimum atomic E-state index is -0.643. The number of nitrogens with one attached hydrogen (secondary N) is 1. The smallest absolute Gasteiger partial charge is 0.295 e. The third-order valence-electron chi connectivity index (χ3n) is 3.02. The highest BCUT2D eigenvalue weighted by atomic mass is 19.1. The van der Waals surface area contributed by atoms with Gasteiger partial charge in [0.15, 0.2) is 0 Å². The highest BCUT2D eigenvalue weighted by molar-refractivity contribution is 5.62. The molecular formula is C15H15FN2O3. The van der Waals surface area contributed by atoms with E-state index in [1.807, 2.05) is 30.3 Å². The van der Waals surface area contributed by atoms with Crippen LogP contribution in [0.4, 0.5) is 15.8 Å². The van der Waals surface area contributed by atoms with Crippen molar-refractivity contribution in [3.8, 4) is 0 Å². The van der Waals surface area contributed by atoms with E-state index in [-0.39, 0.29) is 17.4 Å². The van der Waals surface area contributed by atoms with Gasteiger partial charge in [-0.25, -0.2) is 4.39 Å². The molecule has 0 radical (unpaired) electrons. The standard InChI is InChI=1S/C15H15FN2O3/c1-21-10-14(11-5-3-2-4-6-11)17-13-8-7-12(16)9-15(13)18(19)20/h2-9,14,17H,10H2,1H3. The molecule has 6 heteroatoms. The molecule has 0 saturated carbocycles. The number of nitro groups is 1. The first-order chi connectivity index (χ1) is 10.1. The van der Waals surface area contributed by atoms with Crippen LogP contribution in [0.15, 0.2) is 48.5 Å². The molecule has 21 heavy (non-hydrogen) atoms. The Bertz CT molecular complexity index is 620. The summed E-state index contributed by atoms with van der Waals surface area (Å²) < 4.78 is 18.3. The van der Waals surface area contributed by atoms with Gasteiger partial charge >= 0.3 is 0 Å². The molecule has 0 bridgehead atoms. The van der Waals surface area contributed by atoms with Crippen LogP contribution in [0.25, 0.3) is 0 Å². The fraction of sp³-hybridized carbons (Fsp3) is 0.200. The summed E-state index contributed by atoms with van der Waals surface area (Å²) >= 11 is 0. The summed E-state index contributed by atoms with van der Waals surface area (Å²) in [6, 6.07) is 12.6. The monoisotopic (exact) mass is 290 g/mol. The van der Waals surface area contributed by atoms with Crippen LogP contribution in [-0.4, -0.2) is 18.6 Å². The number of methoxy groups -OCH3 is 1. The summed E-state index contributed by atoms with van der Waals surface area (Å²) in [5, 5.41) is 14.1. The minimum Gasteiger partial charge on any atom is -0.382 e. The van der Waals surface area contributed by atoms with Gasteiger partial charge in [-0.2, -0.15) is 0 Å². The van der Waals surface area contributed by atoms with Gasteiger partial charge in [0.1, 0.15) is 11.5 Å². The van der Waals surface area contributed by atoms with E-state index in [1.165, 1.54) is 12.1 Å². The molecule has 1 atom stereocenters. The fourth-order valence-electron chi connectivity index (χ4n) is 2.04. The molecule has 0 aliphatic carbocycles. The molecule has 0 spiro atoms. The van der Waals surface area contributed by atoms with Gasteiger partial charge in [-0.1, -0.05) is 30.3 Å². The summed E-state index contributed by atoms with van der Waals surface area (Å²) in [6.45, 7) is 0.332. The number of anilines is 1. The zero-order chi connectivity index (χ0) is 15.2. The molecule has 2 rings (SSSR count). The zero-order valence-electron chi connectivity index (χ0n) is 11.5. The third-order valence-corrected chi connectivity index (χ3v) is 3.02. The van der Waals surface area contributed by atoms with Crippen molar-refractivity contribution in [2.45, 2.75) is 6.04 Å². The molecular weight excluding hydrogens is 275 g/mol. The molecule has 0 aliphatic heterocycles. The van der Waals surface area contributed by atoms with E-state index in [2.05, 4.69) is 5.32 Å². The molecule has 0 saturated heterocycles. The predicted octanol–water partition coefficient (Wildman–Crippen LogP) is 3.53. The van der Waals surface area contributed by atoms with Crippen molar-refractivity contribution in [2.75, 3.05) is 19.0 Å². The summed E-state index contributed by atoms with van der Waals surface area (Å²) in [5.41, 5.74) is 0.886. The van der Waals surface area contributed by atoms with Crippen LogP contribution in [0.5, 0.6) is 0 Å². The van der Waals surface area contributed by atoms with Crippen LogP contribution >= 0.6 is 0 Å². The Labute approximate surface area is 121 Å². The Morgan fingerprint density at radius 1 is 1.29 bits per heavy atom. The van der Waals surface area contributed by atoms with Gasteiger partial charge in [-0.05, 0) is 17.7 Å². The van der Waals surface area contributed by atoms with Crippen LogP contribution in [-0.2, 0) is 4.74 Å². The highest BCUT2D eigenvalue weighted by Gasteiger charge is 2.19. The Hall–Kier alpha value is -2.47. The average Bonchev–Trinajstić information content (AvgIpc) is 2.49. The van der Waals surface area contributed by atoms with Crippen LogP contribution < -0.4 is 5.32 Å². The van der Waals surface area contributed by atoms with Gasteiger partial charge < -0.3 is 10.1 Å². The topological polar surface area (TPSA) is 64.4 Å². The maximum absolute atomic E-state index is 13.2. The van der Waals surface area contributed by atoms with Crippen molar-refractivity contribution in [1.82, 2.24) is 0 Å². The highest BCUT2D eigenvalue weighted by Crippen LogP contribution is 2.29. The molecule has 0 heterocycles. The van der Waals surface area contributed by atoms with Crippen LogP contribution in [0, 0.1) is 15.9 Å². The molecule has 0 amide bonds. The number of nitro benzene ring substituents is 1. The summed E-state index contributed by atoms with van der Waals surface area (Å²) in [7, 11) is 1.55. The van der Waals surface area contributed by atoms with Gasteiger partial charge in [-0.15, -0.1) is 0 Å². The van der Waals surface area contributed by atoms with Crippen LogP contribution in [0.3, 0.4) is 0 Å². The molecule has 2 aromatic carbocycles. The minimum absolute atomic E-state index is 0.257. The molecule has 1 unspecified atom stereocenters. The van der Waals surface area contributed by atoms with Gasteiger partial charge in [-0.3, -0.25) is 10.1 Å². The van der Waals surface area contributed by atoms with Gasteiger partial charge in [0.05, 0.1) is 23.6 Å². The largest absolute Gasteiger partial charge is 0.382 e. The van der Waals surface area contributed by atoms with E-state index in [0.29, 0.717) is 6.61 Å². The fourth-order valence-corrected chi connectivity index (χ4v) is 2.04. The lowest BCUT2D eigenvalue weighted by Crippen LogP contribution is -2.17. The lowest BCUT2D eigenvalue weighted by atomic mass is 10.1. The van der Waals surface area contributed by atoms with Crippen LogP contribution in [0.2, 0.25) is 0 Å². The predicted molar refractivity (Wildman–Crippen MR) is 77.7 cm³/mol. The number of ether oxygens (including phenoxy) is 1. The van der Waals surface area contributed by atoms with Crippen molar-refractivity contribution < 1.29 is 14.1 Å². The van der Waals surface area contributed by atoms with E-state index in [0.717, 1.165) is 11.6 Å². The van der Waals surface area contributed by atoms with Gasteiger partial charge in [0, 0.05) is 7.11 Å². The molecule has 2 aromatic rings. The van der Waals surface area contributed by atoms with Gasteiger partial charge in [0.2, 0.25) is 0 Å². The Kier molecular flexibility index (Phi) is 4.84. The normalized spacial score (nSPS) is 11.9. The zero-order valence-corrected chi connectivity index (χ0v) is 11.5. The number of nitrogens with zero attached hydrogens (tertiary/aromatic N) is 1. The Balaban J connectivity index is 2.31. The Morgan fingerprint density at radius 2 is 2.00 bits per heavy atom. The molecule has 1 N–H and O–H groups in total. The number of halogens is 1. The molecule has 5 nitrogen and oxygen atoms in total. The second kappa shape index (κ2) is 6.81. The quantitative estimate of drug-likeness (QED) is 0.653. The first-order valence-corrected chi connectivity index (χ1v) is 6.36. The summed E-state index contributed by atoms with van der Waals surface area (Å²) in [6.07, 6.45) is 0. The van der Waals surface area contributed by atoms with Crippen LogP contribution in [0.1, 0.15) is 11.6 Å². The van der Waals surface area contributed by atoms with E-state index in [4.69, 9.17) is 4.74 Å². The molecule has 0 fully saturated rings. The third kappa shape index (κ3) is 3.76. The number of benzene rings is 2. The van der Waals surface area contributed by atoms with Crippen molar-refractivity contribution >= 4 is 11.4 Å². The van der Waals surface area contributed by atoms with E-state index < -0.39 is 10.7 Å². The van der Waals surface area contributed by atoms with Crippen molar-refractivity contribution in [2.24, 2.45) is 0 Å². The maximum atomic E-state index is 13.2. The van der Waals surface area contributed by atoms with Crippen molar-refractivity contribution in [3.05, 3.63) is 70.0 Å². The molecule has 110 valence electrons. The SMILES string of the molecule is COCC(Nc1ccc(F)cc1[N+](=O)[O-])c1ccccc1. The van der Waals surface area contributed by atoms with Crippen molar-refractivity contribution in [3.63, 3.8) is 0 Å². The first kappa shape index (κ1) is 14.9. The number of rotatable bonds is 6. The summed E-state index contributed by atoms with van der Waals surface area (Å²) in [4.78, 5) is 10.4. The maximum Gasteiger partial charge on any atom is 0.295 e. The first-order valence-electron chi connectivity index (χ1n) is 6.36. The van der Waals surface area contributed by atoms with Crippen molar-refractivity contribution in [1.29, 1.82) is 0 Å². The second-order valence-electron chi connectivity index (χ2n) is 4.48. The van der Waals surface area contributed by atoms with Gasteiger partial charge in [0.25, 0.3) is 5.69 Å². The van der Waals surface area contributed by atoms with E-state index in [9.17, 15) is 14.5 Å². The second-order valence-corrected chi connectivity index (χ2v) is 4.48. The Morgan fingerprint density at radius 3 is 2.62 bits per heavy atom. The average molecular weight is 290 g/mol. The lowest BCUT2D eigenvalue weighted by Gasteiger charge is -2.19. The van der Waals surface area contributed by atoms with E-state index in [1.54, 1.807) is 7.11 Å². The number of hydrogen-bond donors (Lipinski definition) is 1. The summed E-state index contributed by atoms with van der Waals surface area (Å²) in [5.74, 6) is -0.643.